The van der Waals surface area contributed by atoms with Crippen molar-refractivity contribution in [2.45, 2.75) is 42.7 Å². The Labute approximate surface area is 153 Å². The normalized spacial score (nSPS) is 20.3. The van der Waals surface area contributed by atoms with Crippen molar-refractivity contribution in [3.8, 4) is 0 Å². The minimum atomic E-state index is -3.69. The van der Waals surface area contributed by atoms with Gasteiger partial charge in [-0.2, -0.15) is 0 Å². The Morgan fingerprint density at radius 2 is 1.73 bits per heavy atom. The number of carbonyl (C=O) groups is 1. The quantitative estimate of drug-likeness (QED) is 0.749. The number of nitrogens with one attached hydrogen (secondary N) is 2. The molecule has 3 rings (SSSR count). The van der Waals surface area contributed by atoms with Crippen molar-refractivity contribution in [1.29, 1.82) is 0 Å². The lowest BCUT2D eigenvalue weighted by Gasteiger charge is -2.29. The van der Waals surface area contributed by atoms with Crippen molar-refractivity contribution in [1.82, 2.24) is 5.32 Å². The third kappa shape index (κ3) is 4.42. The molecule has 1 fully saturated rings. The first-order valence-electron chi connectivity index (χ1n) is 8.70. The third-order valence-corrected chi connectivity index (χ3v) is 5.96. The van der Waals surface area contributed by atoms with Crippen LogP contribution in [0.4, 0.5) is 5.69 Å². The molecule has 0 heterocycles. The Kier molecular flexibility index (Phi) is 5.58. The molecule has 2 atom stereocenters. The standard InChI is InChI=1S/C19H23N3O3S/c20-17-11-4-5-12-18(17)21-19(23)14-7-6-8-15(13-14)22-26(24,25)16-9-2-1-3-10-16/h1-3,6-10,13,17-18,22H,4-5,11-12,20H2,(H,21,23). The molecule has 4 N–H and O–H groups in total. The van der Waals surface area contributed by atoms with Gasteiger partial charge < -0.3 is 11.1 Å². The van der Waals surface area contributed by atoms with E-state index in [1.54, 1.807) is 36.4 Å². The maximum Gasteiger partial charge on any atom is 0.261 e. The van der Waals surface area contributed by atoms with Crippen molar-refractivity contribution >= 4 is 21.6 Å². The van der Waals surface area contributed by atoms with Gasteiger partial charge in [0, 0.05) is 23.3 Å². The fourth-order valence-corrected chi connectivity index (χ4v) is 4.20. The van der Waals surface area contributed by atoms with Gasteiger partial charge in [-0.15, -0.1) is 0 Å². The van der Waals surface area contributed by atoms with Crippen LogP contribution in [0.15, 0.2) is 59.5 Å². The second-order valence-electron chi connectivity index (χ2n) is 6.53. The molecule has 7 heteroatoms. The summed E-state index contributed by atoms with van der Waals surface area (Å²) in [5.74, 6) is -0.242. The molecule has 6 nitrogen and oxygen atoms in total. The second kappa shape index (κ2) is 7.88. The minimum absolute atomic E-state index is 0.0348. The van der Waals surface area contributed by atoms with E-state index in [-0.39, 0.29) is 22.9 Å². The molecule has 2 aromatic rings. The highest BCUT2D eigenvalue weighted by atomic mass is 32.2. The van der Waals surface area contributed by atoms with Gasteiger partial charge in [0.15, 0.2) is 0 Å². The van der Waals surface area contributed by atoms with Crippen LogP contribution in [0.25, 0.3) is 0 Å². The molecule has 0 saturated heterocycles. The summed E-state index contributed by atoms with van der Waals surface area (Å²) in [6.45, 7) is 0. The molecule has 1 aliphatic carbocycles. The van der Waals surface area contributed by atoms with Gasteiger partial charge in [0.1, 0.15) is 0 Å². The summed E-state index contributed by atoms with van der Waals surface area (Å²) < 4.78 is 27.3. The summed E-state index contributed by atoms with van der Waals surface area (Å²) in [6.07, 6.45) is 3.91. The number of amides is 1. The van der Waals surface area contributed by atoms with E-state index in [1.807, 2.05) is 0 Å². The number of sulfonamides is 1. The first-order chi connectivity index (χ1) is 12.5. The molecule has 26 heavy (non-hydrogen) atoms. The second-order valence-corrected chi connectivity index (χ2v) is 8.21. The van der Waals surface area contributed by atoms with Crippen molar-refractivity contribution in [3.05, 3.63) is 60.2 Å². The zero-order valence-corrected chi connectivity index (χ0v) is 15.2. The molecule has 2 unspecified atom stereocenters. The van der Waals surface area contributed by atoms with Crippen molar-refractivity contribution < 1.29 is 13.2 Å². The molecule has 0 radical (unpaired) electrons. The predicted molar refractivity (Wildman–Crippen MR) is 101 cm³/mol. The topological polar surface area (TPSA) is 101 Å². The molecule has 2 aromatic carbocycles. The van der Waals surface area contributed by atoms with Crippen LogP contribution < -0.4 is 15.8 Å². The molecular weight excluding hydrogens is 350 g/mol. The molecule has 0 bridgehead atoms. The maximum absolute atomic E-state index is 12.5. The lowest BCUT2D eigenvalue weighted by atomic mass is 9.91. The van der Waals surface area contributed by atoms with Gasteiger partial charge in [0.25, 0.3) is 15.9 Å². The van der Waals surface area contributed by atoms with E-state index >= 15 is 0 Å². The van der Waals surface area contributed by atoms with E-state index in [0.29, 0.717) is 11.3 Å². The van der Waals surface area contributed by atoms with Crippen LogP contribution >= 0.6 is 0 Å². The van der Waals surface area contributed by atoms with Crippen molar-refractivity contribution in [2.24, 2.45) is 5.73 Å². The maximum atomic E-state index is 12.5. The fraction of sp³-hybridized carbons (Fsp3) is 0.316. The molecule has 1 amide bonds. The minimum Gasteiger partial charge on any atom is -0.348 e. The molecule has 138 valence electrons. The SMILES string of the molecule is NC1CCCCC1NC(=O)c1cccc(NS(=O)(=O)c2ccccc2)c1. The van der Waals surface area contributed by atoms with Crippen LogP contribution in [-0.4, -0.2) is 26.4 Å². The Balaban J connectivity index is 1.73. The number of rotatable bonds is 5. The monoisotopic (exact) mass is 373 g/mol. The highest BCUT2D eigenvalue weighted by Crippen LogP contribution is 2.19. The summed E-state index contributed by atoms with van der Waals surface area (Å²) in [5, 5.41) is 2.97. The van der Waals surface area contributed by atoms with E-state index in [9.17, 15) is 13.2 Å². The van der Waals surface area contributed by atoms with Crippen molar-refractivity contribution in [2.75, 3.05) is 4.72 Å². The summed E-state index contributed by atoms with van der Waals surface area (Å²) in [5.41, 5.74) is 6.82. The number of hydrogen-bond donors (Lipinski definition) is 3. The molecule has 0 aromatic heterocycles. The Bertz CT molecular complexity index is 869. The van der Waals surface area contributed by atoms with E-state index in [2.05, 4.69) is 10.0 Å². The Morgan fingerprint density at radius 1 is 1.00 bits per heavy atom. The average molecular weight is 373 g/mol. The van der Waals surface area contributed by atoms with E-state index in [4.69, 9.17) is 5.73 Å². The number of nitrogens with two attached hydrogens (primary N) is 1. The zero-order chi connectivity index (χ0) is 18.6. The van der Waals surface area contributed by atoms with Crippen LogP contribution in [0.5, 0.6) is 0 Å². The lowest BCUT2D eigenvalue weighted by molar-refractivity contribution is 0.0921. The van der Waals surface area contributed by atoms with Gasteiger partial charge in [-0.1, -0.05) is 37.1 Å². The van der Waals surface area contributed by atoms with Gasteiger partial charge in [-0.25, -0.2) is 8.42 Å². The van der Waals surface area contributed by atoms with Crippen LogP contribution in [0.1, 0.15) is 36.0 Å². The predicted octanol–water partition coefficient (Wildman–Crippen LogP) is 2.49. The smallest absolute Gasteiger partial charge is 0.261 e. The number of benzene rings is 2. The highest BCUT2D eigenvalue weighted by Gasteiger charge is 2.24. The molecule has 1 aliphatic rings. The molecule has 0 aliphatic heterocycles. The van der Waals surface area contributed by atoms with Crippen LogP contribution in [0, 0.1) is 0 Å². The third-order valence-electron chi connectivity index (χ3n) is 4.57. The van der Waals surface area contributed by atoms with Gasteiger partial charge in [0.05, 0.1) is 4.90 Å². The van der Waals surface area contributed by atoms with Gasteiger partial charge in [-0.3, -0.25) is 9.52 Å². The molecule has 1 saturated carbocycles. The van der Waals surface area contributed by atoms with Crippen LogP contribution in [0.2, 0.25) is 0 Å². The Hall–Kier alpha value is -2.38. The molecule has 0 spiro atoms. The van der Waals surface area contributed by atoms with Crippen LogP contribution in [-0.2, 0) is 10.0 Å². The van der Waals surface area contributed by atoms with Crippen LogP contribution in [0.3, 0.4) is 0 Å². The summed E-state index contributed by atoms with van der Waals surface area (Å²) in [7, 11) is -3.69. The lowest BCUT2D eigenvalue weighted by Crippen LogP contribution is -2.49. The van der Waals surface area contributed by atoms with Gasteiger partial charge >= 0.3 is 0 Å². The number of hydrogen-bond acceptors (Lipinski definition) is 4. The molecular formula is C19H23N3O3S. The largest absolute Gasteiger partial charge is 0.348 e. The van der Waals surface area contributed by atoms with Gasteiger partial charge in [0.2, 0.25) is 0 Å². The Morgan fingerprint density at radius 3 is 2.46 bits per heavy atom. The average Bonchev–Trinajstić information content (AvgIpc) is 2.64. The fourth-order valence-electron chi connectivity index (χ4n) is 3.13. The van der Waals surface area contributed by atoms with Gasteiger partial charge in [-0.05, 0) is 43.2 Å². The van der Waals surface area contributed by atoms with E-state index < -0.39 is 10.0 Å². The summed E-state index contributed by atoms with van der Waals surface area (Å²) >= 11 is 0. The van der Waals surface area contributed by atoms with E-state index in [1.165, 1.54) is 18.2 Å². The number of anilines is 1. The zero-order valence-electron chi connectivity index (χ0n) is 14.4. The van der Waals surface area contributed by atoms with E-state index in [0.717, 1.165) is 25.7 Å². The summed E-state index contributed by atoms with van der Waals surface area (Å²) in [6, 6.07) is 14.5. The first-order valence-corrected chi connectivity index (χ1v) is 10.2. The first kappa shape index (κ1) is 18.4. The van der Waals surface area contributed by atoms with Crippen molar-refractivity contribution in [3.63, 3.8) is 0 Å². The highest BCUT2D eigenvalue weighted by molar-refractivity contribution is 7.92. The summed E-state index contributed by atoms with van der Waals surface area (Å²) in [4.78, 5) is 12.7. The number of carbonyl (C=O) groups excluding carboxylic acids is 1.